The molecule has 3 rings (SSSR count). The van der Waals surface area contributed by atoms with Gasteiger partial charge in [0.25, 0.3) is 0 Å². The molecule has 92 valence electrons. The molecule has 0 amide bonds. The van der Waals surface area contributed by atoms with Gasteiger partial charge in [-0.3, -0.25) is 0 Å². The molecule has 1 saturated carbocycles. The molecule has 1 aliphatic rings. The Morgan fingerprint density at radius 2 is 1.94 bits per heavy atom. The highest BCUT2D eigenvalue weighted by Gasteiger charge is 2.22. The maximum absolute atomic E-state index is 4.37. The molecule has 2 N–H and O–H groups in total. The minimum Gasteiger partial charge on any atom is -0.350 e. The lowest BCUT2D eigenvalue weighted by Gasteiger charge is -2.07. The van der Waals surface area contributed by atoms with Crippen LogP contribution in [0.15, 0.2) is 30.5 Å². The molecule has 18 heavy (non-hydrogen) atoms. The van der Waals surface area contributed by atoms with Crippen LogP contribution >= 0.6 is 0 Å². The van der Waals surface area contributed by atoms with E-state index in [1.54, 1.807) is 6.20 Å². The average molecular weight is 241 g/mol. The van der Waals surface area contributed by atoms with Crippen molar-refractivity contribution >= 4 is 17.5 Å². The number of hydrogen-bond donors (Lipinski definition) is 2. The summed E-state index contributed by atoms with van der Waals surface area (Å²) in [5.41, 5.74) is 2.23. The van der Waals surface area contributed by atoms with E-state index in [0.717, 1.165) is 5.69 Å². The van der Waals surface area contributed by atoms with Crippen LogP contribution in [-0.2, 0) is 0 Å². The van der Waals surface area contributed by atoms with Gasteiger partial charge in [-0.05, 0) is 31.9 Å². The van der Waals surface area contributed by atoms with E-state index in [1.807, 2.05) is 12.1 Å². The lowest BCUT2D eigenvalue weighted by molar-refractivity contribution is 0.947. The van der Waals surface area contributed by atoms with Crippen LogP contribution in [0.3, 0.4) is 0 Å². The predicted octanol–water partition coefficient (Wildman–Crippen LogP) is 2.50. The van der Waals surface area contributed by atoms with Crippen LogP contribution in [0.25, 0.3) is 0 Å². The average Bonchev–Trinajstić information content (AvgIpc) is 3.17. The number of nitrogens with zero attached hydrogens (tertiary/aromatic N) is 3. The zero-order valence-corrected chi connectivity index (χ0v) is 10.2. The van der Waals surface area contributed by atoms with Gasteiger partial charge in [-0.2, -0.15) is 10.1 Å². The largest absolute Gasteiger partial charge is 0.350 e. The van der Waals surface area contributed by atoms with Gasteiger partial charge in [-0.1, -0.05) is 17.7 Å². The Hall–Kier alpha value is -2.17. The maximum atomic E-state index is 4.37. The lowest BCUT2D eigenvalue weighted by atomic mass is 10.2. The first-order valence-electron chi connectivity index (χ1n) is 6.09. The Morgan fingerprint density at radius 3 is 2.67 bits per heavy atom. The summed E-state index contributed by atoms with van der Waals surface area (Å²) in [6, 6.07) is 8.68. The lowest BCUT2D eigenvalue weighted by Crippen LogP contribution is -2.07. The standard InChI is InChI=1S/C13H15N5/c1-9-2-4-10(5-3-9)15-12-8-14-18-13(17-12)16-11-6-7-11/h2-5,8,11H,6-7H2,1H3,(H2,15,16,17,18). The SMILES string of the molecule is Cc1ccc(Nc2cnnc(NC3CC3)n2)cc1. The van der Waals surface area contributed by atoms with E-state index in [4.69, 9.17) is 0 Å². The van der Waals surface area contributed by atoms with Crippen LogP contribution in [0.1, 0.15) is 18.4 Å². The van der Waals surface area contributed by atoms with Crippen molar-refractivity contribution in [2.24, 2.45) is 0 Å². The van der Waals surface area contributed by atoms with Gasteiger partial charge in [0.15, 0.2) is 5.82 Å². The number of anilines is 3. The normalized spacial score (nSPS) is 14.3. The van der Waals surface area contributed by atoms with Crippen molar-refractivity contribution in [1.29, 1.82) is 0 Å². The molecule has 1 aliphatic carbocycles. The summed E-state index contributed by atoms with van der Waals surface area (Å²) in [4.78, 5) is 4.37. The fraction of sp³-hybridized carbons (Fsp3) is 0.308. The van der Waals surface area contributed by atoms with Crippen LogP contribution in [-0.4, -0.2) is 21.2 Å². The number of rotatable bonds is 4. The van der Waals surface area contributed by atoms with E-state index in [9.17, 15) is 0 Å². The van der Waals surface area contributed by atoms with Gasteiger partial charge in [-0.25, -0.2) is 0 Å². The Kier molecular flexibility index (Phi) is 2.80. The summed E-state index contributed by atoms with van der Waals surface area (Å²) in [5, 5.41) is 14.3. The van der Waals surface area contributed by atoms with Crippen molar-refractivity contribution in [3.8, 4) is 0 Å². The molecule has 1 fully saturated rings. The molecule has 1 aromatic carbocycles. The Balaban J connectivity index is 1.73. The highest BCUT2D eigenvalue weighted by Crippen LogP contribution is 2.23. The van der Waals surface area contributed by atoms with Crippen molar-refractivity contribution in [1.82, 2.24) is 15.2 Å². The number of hydrogen-bond acceptors (Lipinski definition) is 5. The zero-order valence-electron chi connectivity index (χ0n) is 10.2. The molecule has 0 atom stereocenters. The zero-order chi connectivity index (χ0) is 12.4. The molecule has 0 saturated heterocycles. The van der Waals surface area contributed by atoms with Crippen LogP contribution in [0.2, 0.25) is 0 Å². The van der Waals surface area contributed by atoms with Gasteiger partial charge in [0.05, 0.1) is 6.20 Å². The van der Waals surface area contributed by atoms with E-state index in [2.05, 4.69) is 44.9 Å². The molecule has 5 heteroatoms. The Bertz CT molecular complexity index is 533. The first-order chi connectivity index (χ1) is 8.79. The van der Waals surface area contributed by atoms with E-state index in [0.29, 0.717) is 17.8 Å². The first-order valence-corrected chi connectivity index (χ1v) is 6.09. The minimum absolute atomic E-state index is 0.529. The molecular formula is C13H15N5. The third-order valence-corrected chi connectivity index (χ3v) is 2.79. The first kappa shape index (κ1) is 11.0. The van der Waals surface area contributed by atoms with Gasteiger partial charge >= 0.3 is 0 Å². The third kappa shape index (κ3) is 2.74. The van der Waals surface area contributed by atoms with E-state index in [1.165, 1.54) is 18.4 Å². The smallest absolute Gasteiger partial charge is 0.244 e. The number of nitrogens with one attached hydrogen (secondary N) is 2. The molecular weight excluding hydrogens is 226 g/mol. The van der Waals surface area contributed by atoms with E-state index >= 15 is 0 Å². The predicted molar refractivity (Wildman–Crippen MR) is 70.9 cm³/mol. The Morgan fingerprint density at radius 1 is 1.17 bits per heavy atom. The second-order valence-corrected chi connectivity index (χ2v) is 4.57. The third-order valence-electron chi connectivity index (χ3n) is 2.79. The second kappa shape index (κ2) is 4.60. The highest BCUT2D eigenvalue weighted by atomic mass is 15.3. The van der Waals surface area contributed by atoms with Crippen LogP contribution in [0.5, 0.6) is 0 Å². The topological polar surface area (TPSA) is 62.7 Å². The van der Waals surface area contributed by atoms with Crippen LogP contribution in [0, 0.1) is 6.92 Å². The molecule has 0 bridgehead atoms. The molecule has 0 spiro atoms. The summed E-state index contributed by atoms with van der Waals surface area (Å²) in [6.45, 7) is 2.06. The minimum atomic E-state index is 0.529. The fourth-order valence-electron chi connectivity index (χ4n) is 1.62. The summed E-state index contributed by atoms with van der Waals surface area (Å²) in [6.07, 6.45) is 4.01. The second-order valence-electron chi connectivity index (χ2n) is 4.57. The van der Waals surface area contributed by atoms with E-state index < -0.39 is 0 Å². The summed E-state index contributed by atoms with van der Waals surface area (Å²) < 4.78 is 0. The molecule has 1 aromatic heterocycles. The molecule has 0 radical (unpaired) electrons. The number of benzene rings is 1. The van der Waals surface area contributed by atoms with E-state index in [-0.39, 0.29) is 0 Å². The highest BCUT2D eigenvalue weighted by molar-refractivity contribution is 5.56. The molecule has 5 nitrogen and oxygen atoms in total. The van der Waals surface area contributed by atoms with Crippen molar-refractivity contribution < 1.29 is 0 Å². The van der Waals surface area contributed by atoms with Gasteiger partial charge in [0, 0.05) is 11.7 Å². The molecule has 1 heterocycles. The maximum Gasteiger partial charge on any atom is 0.244 e. The van der Waals surface area contributed by atoms with Gasteiger partial charge in [0.2, 0.25) is 5.95 Å². The summed E-state index contributed by atoms with van der Waals surface area (Å²) >= 11 is 0. The Labute approximate surface area is 106 Å². The van der Waals surface area contributed by atoms with Crippen LogP contribution < -0.4 is 10.6 Å². The van der Waals surface area contributed by atoms with Crippen molar-refractivity contribution in [2.75, 3.05) is 10.6 Å². The molecule has 2 aromatic rings. The fourth-order valence-corrected chi connectivity index (χ4v) is 1.62. The molecule has 0 unspecified atom stereocenters. The quantitative estimate of drug-likeness (QED) is 0.861. The van der Waals surface area contributed by atoms with Crippen molar-refractivity contribution in [3.63, 3.8) is 0 Å². The van der Waals surface area contributed by atoms with Crippen LogP contribution in [0.4, 0.5) is 17.5 Å². The summed E-state index contributed by atoms with van der Waals surface area (Å²) in [5.74, 6) is 1.30. The van der Waals surface area contributed by atoms with Gasteiger partial charge < -0.3 is 10.6 Å². The van der Waals surface area contributed by atoms with Gasteiger partial charge in [0.1, 0.15) is 0 Å². The van der Waals surface area contributed by atoms with Crippen molar-refractivity contribution in [2.45, 2.75) is 25.8 Å². The van der Waals surface area contributed by atoms with Gasteiger partial charge in [-0.15, -0.1) is 5.10 Å². The monoisotopic (exact) mass is 241 g/mol. The number of aryl methyl sites for hydroxylation is 1. The van der Waals surface area contributed by atoms with Crippen molar-refractivity contribution in [3.05, 3.63) is 36.0 Å². The number of aromatic nitrogens is 3. The summed E-state index contributed by atoms with van der Waals surface area (Å²) in [7, 11) is 0. The molecule has 0 aliphatic heterocycles.